The molecule has 0 radical (unpaired) electrons. The van der Waals surface area contributed by atoms with E-state index in [4.69, 9.17) is 11.6 Å². The Morgan fingerprint density at radius 1 is 1.33 bits per heavy atom. The summed E-state index contributed by atoms with van der Waals surface area (Å²) < 4.78 is 0.788. The average Bonchev–Trinajstić information content (AvgIpc) is 2.96. The summed E-state index contributed by atoms with van der Waals surface area (Å²) in [6.07, 6.45) is 0. The zero-order valence-corrected chi connectivity index (χ0v) is 15.4. The lowest BCUT2D eigenvalue weighted by atomic mass is 10.2. The van der Waals surface area contributed by atoms with Crippen LogP contribution in [0.2, 0.25) is 4.34 Å². The summed E-state index contributed by atoms with van der Waals surface area (Å²) in [5.74, 6) is 0.811. The zero-order valence-electron chi connectivity index (χ0n) is 13.0. The van der Waals surface area contributed by atoms with E-state index in [9.17, 15) is 4.79 Å². The second-order valence-electron chi connectivity index (χ2n) is 5.82. The largest absolute Gasteiger partial charge is 0.324 e. The fraction of sp³-hybridized carbons (Fsp3) is 0.667. The van der Waals surface area contributed by atoms with E-state index in [0.29, 0.717) is 17.8 Å². The lowest BCUT2D eigenvalue weighted by molar-refractivity contribution is -0.128. The number of carbonyl (C=O) groups is 1. The first-order chi connectivity index (χ1) is 9.90. The van der Waals surface area contributed by atoms with Gasteiger partial charge < -0.3 is 4.90 Å². The Labute approximate surface area is 140 Å². The second kappa shape index (κ2) is 7.36. The molecule has 1 fully saturated rings. The molecule has 1 aromatic heterocycles. The quantitative estimate of drug-likeness (QED) is 0.775. The first-order valence-corrected chi connectivity index (χ1v) is 9.56. The van der Waals surface area contributed by atoms with E-state index in [-0.39, 0.29) is 11.3 Å². The number of nitrogens with zero attached hydrogens (tertiary/aromatic N) is 2. The summed E-state index contributed by atoms with van der Waals surface area (Å²) in [7, 11) is 0. The van der Waals surface area contributed by atoms with Crippen molar-refractivity contribution in [1.82, 2.24) is 9.80 Å². The van der Waals surface area contributed by atoms with E-state index in [2.05, 4.69) is 32.6 Å². The molecule has 1 aromatic rings. The molecule has 0 aromatic carbocycles. The van der Waals surface area contributed by atoms with E-state index < -0.39 is 0 Å². The third-order valence-corrected chi connectivity index (χ3v) is 6.40. The number of hydrogen-bond donors (Lipinski definition) is 0. The molecule has 6 heteroatoms. The highest BCUT2D eigenvalue weighted by Gasteiger charge is 2.34. The number of rotatable bonds is 6. The van der Waals surface area contributed by atoms with Crippen LogP contribution < -0.4 is 0 Å². The third-order valence-electron chi connectivity index (χ3n) is 3.73. The van der Waals surface area contributed by atoms with Gasteiger partial charge in [-0.2, -0.15) is 0 Å². The molecule has 1 saturated heterocycles. The molecular formula is C15H23ClN2OS2. The van der Waals surface area contributed by atoms with Crippen molar-refractivity contribution in [2.45, 2.75) is 45.2 Å². The fourth-order valence-electron chi connectivity index (χ4n) is 2.73. The van der Waals surface area contributed by atoms with Gasteiger partial charge in [0.05, 0.1) is 10.1 Å². The summed E-state index contributed by atoms with van der Waals surface area (Å²) in [4.78, 5) is 17.8. The molecule has 21 heavy (non-hydrogen) atoms. The number of halogens is 1. The monoisotopic (exact) mass is 346 g/mol. The Morgan fingerprint density at radius 3 is 2.52 bits per heavy atom. The van der Waals surface area contributed by atoms with E-state index in [1.807, 2.05) is 17.0 Å². The van der Waals surface area contributed by atoms with Crippen molar-refractivity contribution >= 4 is 40.6 Å². The highest BCUT2D eigenvalue weighted by atomic mass is 35.5. The lowest BCUT2D eigenvalue weighted by Crippen LogP contribution is -2.43. The SMILES string of the molecule is CC(C)N(CCN1C(=O)CSC1c1ccc(Cl)s1)C(C)C. The van der Waals surface area contributed by atoms with Gasteiger partial charge in [-0.1, -0.05) is 11.6 Å². The Bertz CT molecular complexity index is 482. The van der Waals surface area contributed by atoms with Crippen molar-refractivity contribution in [1.29, 1.82) is 0 Å². The van der Waals surface area contributed by atoms with Crippen LogP contribution in [0, 0.1) is 0 Å². The van der Waals surface area contributed by atoms with Crippen molar-refractivity contribution in [3.63, 3.8) is 0 Å². The van der Waals surface area contributed by atoms with Gasteiger partial charge in [-0.3, -0.25) is 9.69 Å². The van der Waals surface area contributed by atoms with Gasteiger partial charge in [0.1, 0.15) is 5.37 Å². The van der Waals surface area contributed by atoms with Gasteiger partial charge in [-0.15, -0.1) is 23.1 Å². The molecule has 1 unspecified atom stereocenters. The van der Waals surface area contributed by atoms with Gasteiger partial charge in [-0.25, -0.2) is 0 Å². The Morgan fingerprint density at radius 2 is 2.00 bits per heavy atom. The Hall–Kier alpha value is -0.230. The topological polar surface area (TPSA) is 23.6 Å². The average molecular weight is 347 g/mol. The maximum absolute atomic E-state index is 12.2. The van der Waals surface area contributed by atoms with E-state index >= 15 is 0 Å². The summed E-state index contributed by atoms with van der Waals surface area (Å²) in [5.41, 5.74) is 0. The van der Waals surface area contributed by atoms with Crippen molar-refractivity contribution < 1.29 is 4.79 Å². The summed E-state index contributed by atoms with van der Waals surface area (Å²) in [6, 6.07) is 4.94. The van der Waals surface area contributed by atoms with E-state index in [0.717, 1.165) is 17.4 Å². The highest BCUT2D eigenvalue weighted by molar-refractivity contribution is 8.00. The smallest absolute Gasteiger partial charge is 0.233 e. The van der Waals surface area contributed by atoms with Crippen molar-refractivity contribution in [2.75, 3.05) is 18.8 Å². The van der Waals surface area contributed by atoms with Crippen molar-refractivity contribution in [3.8, 4) is 0 Å². The van der Waals surface area contributed by atoms with Crippen molar-refractivity contribution in [3.05, 3.63) is 21.3 Å². The third kappa shape index (κ3) is 4.15. The molecule has 1 aliphatic rings. The highest BCUT2D eigenvalue weighted by Crippen LogP contribution is 2.42. The molecule has 3 nitrogen and oxygen atoms in total. The fourth-order valence-corrected chi connectivity index (χ4v) is 5.24. The number of thiophene rings is 1. The minimum Gasteiger partial charge on any atom is -0.324 e. The van der Waals surface area contributed by atoms with Gasteiger partial charge in [-0.05, 0) is 39.8 Å². The summed E-state index contributed by atoms with van der Waals surface area (Å²) in [5, 5.41) is 0.135. The van der Waals surface area contributed by atoms with Gasteiger partial charge in [0.2, 0.25) is 5.91 Å². The first kappa shape index (κ1) is 17.1. The predicted octanol–water partition coefficient (Wildman–Crippen LogP) is 4.09. The van der Waals surface area contributed by atoms with Gasteiger partial charge in [0, 0.05) is 30.1 Å². The molecule has 0 spiro atoms. The Balaban J connectivity index is 2.04. The second-order valence-corrected chi connectivity index (χ2v) is 8.63. The standard InChI is InChI=1S/C15H23ClN2OS2/c1-10(2)17(11(3)4)7-8-18-14(19)9-20-15(18)12-5-6-13(16)21-12/h5-6,10-11,15H,7-9H2,1-4H3. The lowest BCUT2D eigenvalue weighted by Gasteiger charge is -2.33. The minimum atomic E-state index is 0.135. The van der Waals surface area contributed by atoms with E-state index in [1.165, 1.54) is 4.88 Å². The maximum Gasteiger partial charge on any atom is 0.233 e. The molecule has 2 rings (SSSR count). The number of amides is 1. The number of carbonyl (C=O) groups excluding carboxylic acids is 1. The Kier molecular flexibility index (Phi) is 6.00. The van der Waals surface area contributed by atoms with Crippen LogP contribution in [0.1, 0.15) is 37.9 Å². The van der Waals surface area contributed by atoms with Crippen LogP contribution in [0.4, 0.5) is 0 Å². The molecule has 0 N–H and O–H groups in total. The van der Waals surface area contributed by atoms with Crippen LogP contribution in [0.15, 0.2) is 12.1 Å². The van der Waals surface area contributed by atoms with Crippen LogP contribution in [0.3, 0.4) is 0 Å². The molecule has 1 amide bonds. The van der Waals surface area contributed by atoms with Crippen LogP contribution in [-0.4, -0.2) is 46.6 Å². The van der Waals surface area contributed by atoms with Crippen LogP contribution in [0.25, 0.3) is 0 Å². The van der Waals surface area contributed by atoms with Gasteiger partial charge in [0.25, 0.3) is 0 Å². The maximum atomic E-state index is 12.2. The molecule has 1 aliphatic heterocycles. The van der Waals surface area contributed by atoms with Crippen LogP contribution in [0.5, 0.6) is 0 Å². The first-order valence-electron chi connectivity index (χ1n) is 7.32. The normalized spacial score (nSPS) is 19.5. The summed E-state index contributed by atoms with van der Waals surface area (Å²) in [6.45, 7) is 10.5. The molecular weight excluding hydrogens is 324 g/mol. The molecule has 0 bridgehead atoms. The predicted molar refractivity (Wildman–Crippen MR) is 93.2 cm³/mol. The summed E-state index contributed by atoms with van der Waals surface area (Å²) >= 11 is 9.31. The zero-order chi connectivity index (χ0) is 15.6. The molecule has 0 saturated carbocycles. The molecule has 2 heterocycles. The van der Waals surface area contributed by atoms with Crippen LogP contribution in [-0.2, 0) is 4.79 Å². The van der Waals surface area contributed by atoms with Crippen molar-refractivity contribution in [2.24, 2.45) is 0 Å². The van der Waals surface area contributed by atoms with E-state index in [1.54, 1.807) is 23.1 Å². The molecule has 118 valence electrons. The number of thioether (sulfide) groups is 1. The van der Waals surface area contributed by atoms with Gasteiger partial charge >= 0.3 is 0 Å². The number of hydrogen-bond acceptors (Lipinski definition) is 4. The van der Waals surface area contributed by atoms with Crippen LogP contribution >= 0.6 is 34.7 Å². The molecule has 0 aliphatic carbocycles. The minimum absolute atomic E-state index is 0.135. The molecule has 1 atom stereocenters. The van der Waals surface area contributed by atoms with Gasteiger partial charge in [0.15, 0.2) is 0 Å².